The number of hydrogen-bond donors (Lipinski definition) is 1. The van der Waals surface area contributed by atoms with Crippen LogP contribution in [0.1, 0.15) is 40.5 Å². The molecule has 11 atom stereocenters. The smallest absolute Gasteiger partial charge is 0.186 e. The highest BCUT2D eigenvalue weighted by atomic mass is 16.7. The van der Waals surface area contributed by atoms with Crippen molar-refractivity contribution in [1.29, 1.82) is 0 Å². The van der Waals surface area contributed by atoms with Gasteiger partial charge in [-0.15, -0.1) is 0 Å². The largest absolute Gasteiger partial charge is 0.392 e. The standard InChI is InChI=1S/C26H46O7/c1-10-20(28-5)17(4)18-14-19(18)21(27)15(2)12-11-13-16(3)22-23(29-6)24(30-7)25(31-8)26(32-9)33-22/h11-13,15,17-27H,10,14H2,1-9H3/b12-11+,16-13+/t15-,17-,18-,19+,20-,21+,22-,23+,24-,25-,26-/m0/s1. The molecule has 0 radical (unpaired) electrons. The number of aliphatic hydroxyl groups excluding tert-OH is 1. The molecule has 0 bridgehead atoms. The number of aliphatic hydroxyl groups is 1. The van der Waals surface area contributed by atoms with Crippen LogP contribution in [0.4, 0.5) is 0 Å². The Hall–Kier alpha value is -0.800. The van der Waals surface area contributed by atoms with E-state index in [1.54, 1.807) is 35.5 Å². The Bertz CT molecular complexity index is 632. The SMILES string of the molecule is CC[C@H](OC)[C@@H](C)[C@@H]1C[C@H]1[C@H](O)[C@@H](C)/C=C/C=C(\C)[C@@H]1O[C@H](OC)[C@@H](OC)[C@@H](OC)[C@@H]1OC. The summed E-state index contributed by atoms with van der Waals surface area (Å²) >= 11 is 0. The molecule has 0 spiro atoms. The van der Waals surface area contributed by atoms with Gasteiger partial charge in [-0.1, -0.05) is 39.0 Å². The molecular weight excluding hydrogens is 424 g/mol. The van der Waals surface area contributed by atoms with Crippen LogP contribution >= 0.6 is 0 Å². The summed E-state index contributed by atoms with van der Waals surface area (Å²) in [5.41, 5.74) is 0.988. The van der Waals surface area contributed by atoms with E-state index in [0.29, 0.717) is 17.8 Å². The highest BCUT2D eigenvalue weighted by Gasteiger charge is 2.49. The predicted molar refractivity (Wildman–Crippen MR) is 128 cm³/mol. The Morgan fingerprint density at radius 3 is 2.12 bits per heavy atom. The summed E-state index contributed by atoms with van der Waals surface area (Å²) in [4.78, 5) is 0. The molecule has 2 fully saturated rings. The molecule has 0 amide bonds. The van der Waals surface area contributed by atoms with Crippen LogP contribution in [0.15, 0.2) is 23.8 Å². The quantitative estimate of drug-likeness (QED) is 0.412. The molecule has 7 heteroatoms. The maximum atomic E-state index is 10.9. The van der Waals surface area contributed by atoms with Crippen molar-refractivity contribution in [1.82, 2.24) is 0 Å². The van der Waals surface area contributed by atoms with Crippen LogP contribution in [0.25, 0.3) is 0 Å². The molecule has 1 saturated carbocycles. The fourth-order valence-electron chi connectivity index (χ4n) is 5.38. The Morgan fingerprint density at radius 1 is 0.970 bits per heavy atom. The normalized spacial score (nSPS) is 36.5. The van der Waals surface area contributed by atoms with Crippen molar-refractivity contribution in [3.8, 4) is 0 Å². The van der Waals surface area contributed by atoms with Gasteiger partial charge < -0.3 is 33.5 Å². The zero-order valence-corrected chi connectivity index (χ0v) is 21.9. The lowest BCUT2D eigenvalue weighted by molar-refractivity contribution is -0.295. The van der Waals surface area contributed by atoms with Crippen molar-refractivity contribution in [3.05, 3.63) is 23.8 Å². The number of ether oxygens (including phenoxy) is 6. The molecule has 7 nitrogen and oxygen atoms in total. The molecule has 1 aliphatic heterocycles. The van der Waals surface area contributed by atoms with E-state index in [0.717, 1.165) is 18.4 Å². The lowest BCUT2D eigenvalue weighted by atomic mass is 9.91. The lowest BCUT2D eigenvalue weighted by Gasteiger charge is -2.44. The van der Waals surface area contributed by atoms with Crippen LogP contribution in [-0.2, 0) is 28.4 Å². The van der Waals surface area contributed by atoms with Crippen LogP contribution in [0.3, 0.4) is 0 Å². The van der Waals surface area contributed by atoms with Gasteiger partial charge in [-0.3, -0.25) is 0 Å². The van der Waals surface area contributed by atoms with Gasteiger partial charge in [-0.2, -0.15) is 0 Å². The number of methoxy groups -OCH3 is 5. The van der Waals surface area contributed by atoms with Gasteiger partial charge >= 0.3 is 0 Å². The van der Waals surface area contributed by atoms with E-state index < -0.39 is 6.29 Å². The first-order valence-corrected chi connectivity index (χ1v) is 12.1. The second-order valence-corrected chi connectivity index (χ2v) is 9.51. The average molecular weight is 471 g/mol. The number of rotatable bonds is 13. The van der Waals surface area contributed by atoms with E-state index in [9.17, 15) is 5.11 Å². The van der Waals surface area contributed by atoms with E-state index in [2.05, 4.69) is 26.8 Å². The van der Waals surface area contributed by atoms with Crippen LogP contribution in [0.5, 0.6) is 0 Å². The summed E-state index contributed by atoms with van der Waals surface area (Å²) in [5, 5.41) is 10.9. The third kappa shape index (κ3) is 6.66. The zero-order valence-electron chi connectivity index (χ0n) is 21.9. The molecule has 192 valence electrons. The van der Waals surface area contributed by atoms with Gasteiger partial charge in [0.05, 0.1) is 12.2 Å². The maximum Gasteiger partial charge on any atom is 0.186 e. The Labute approximate surface area is 200 Å². The molecule has 1 heterocycles. The fraction of sp³-hybridized carbons (Fsp3) is 0.846. The van der Waals surface area contributed by atoms with Crippen LogP contribution < -0.4 is 0 Å². The zero-order chi connectivity index (χ0) is 24.7. The second kappa shape index (κ2) is 13.3. The molecule has 2 aliphatic rings. The maximum absolute atomic E-state index is 10.9. The van der Waals surface area contributed by atoms with Gasteiger partial charge in [-0.05, 0) is 43.1 Å². The van der Waals surface area contributed by atoms with Gasteiger partial charge in [0, 0.05) is 41.5 Å². The predicted octanol–water partition coefficient (Wildman–Crippen LogP) is 3.60. The average Bonchev–Trinajstić information content (AvgIpc) is 3.63. The molecule has 1 N–H and O–H groups in total. The van der Waals surface area contributed by atoms with Crippen LogP contribution in [0, 0.1) is 23.7 Å². The van der Waals surface area contributed by atoms with Crippen LogP contribution in [-0.4, -0.2) is 83.6 Å². The summed E-state index contributed by atoms with van der Waals surface area (Å²) in [6.07, 6.45) is 6.10. The van der Waals surface area contributed by atoms with Gasteiger partial charge in [0.15, 0.2) is 6.29 Å². The Balaban J connectivity index is 2.02. The minimum atomic E-state index is -0.558. The van der Waals surface area contributed by atoms with Gasteiger partial charge in [0.25, 0.3) is 0 Å². The second-order valence-electron chi connectivity index (χ2n) is 9.51. The van der Waals surface area contributed by atoms with Gasteiger partial charge in [0.2, 0.25) is 0 Å². The third-order valence-electron chi connectivity index (χ3n) is 7.60. The molecule has 0 aromatic heterocycles. The molecule has 0 aromatic carbocycles. The Morgan fingerprint density at radius 2 is 1.61 bits per heavy atom. The van der Waals surface area contributed by atoms with Crippen molar-refractivity contribution in [2.45, 2.75) is 83.5 Å². The van der Waals surface area contributed by atoms with E-state index >= 15 is 0 Å². The molecule has 33 heavy (non-hydrogen) atoms. The Kier molecular flexibility index (Phi) is 11.5. The van der Waals surface area contributed by atoms with Gasteiger partial charge in [-0.25, -0.2) is 0 Å². The van der Waals surface area contributed by atoms with E-state index in [-0.39, 0.29) is 42.5 Å². The molecule has 0 aromatic rings. The highest BCUT2D eigenvalue weighted by molar-refractivity contribution is 5.19. The van der Waals surface area contributed by atoms with E-state index in [1.165, 1.54) is 0 Å². The van der Waals surface area contributed by atoms with Crippen molar-refractivity contribution in [2.24, 2.45) is 23.7 Å². The summed E-state index contributed by atoms with van der Waals surface area (Å²) in [6.45, 7) is 8.47. The lowest BCUT2D eigenvalue weighted by Crippen LogP contribution is -2.60. The first-order chi connectivity index (χ1) is 15.8. The summed E-state index contributed by atoms with van der Waals surface area (Å²) < 4.78 is 34.2. The minimum absolute atomic E-state index is 0.0562. The summed E-state index contributed by atoms with van der Waals surface area (Å²) in [5.74, 6) is 1.39. The van der Waals surface area contributed by atoms with E-state index in [4.69, 9.17) is 28.4 Å². The summed E-state index contributed by atoms with van der Waals surface area (Å²) in [7, 11) is 8.27. The third-order valence-corrected chi connectivity index (χ3v) is 7.60. The van der Waals surface area contributed by atoms with Crippen molar-refractivity contribution in [3.63, 3.8) is 0 Å². The van der Waals surface area contributed by atoms with Gasteiger partial charge in [0.1, 0.15) is 24.4 Å². The van der Waals surface area contributed by atoms with E-state index in [1.807, 2.05) is 19.1 Å². The number of allylic oxidation sites excluding steroid dienone is 2. The van der Waals surface area contributed by atoms with Crippen molar-refractivity contribution < 1.29 is 33.5 Å². The van der Waals surface area contributed by atoms with Crippen LogP contribution in [0.2, 0.25) is 0 Å². The molecule has 1 aliphatic carbocycles. The summed E-state index contributed by atoms with van der Waals surface area (Å²) in [6, 6.07) is 0. The minimum Gasteiger partial charge on any atom is -0.392 e. The first-order valence-electron chi connectivity index (χ1n) is 12.1. The molecule has 1 saturated heterocycles. The molecule has 0 unspecified atom stereocenters. The first kappa shape index (κ1) is 28.4. The topological polar surface area (TPSA) is 75.6 Å². The fourth-order valence-corrected chi connectivity index (χ4v) is 5.38. The van der Waals surface area contributed by atoms with Crippen molar-refractivity contribution >= 4 is 0 Å². The van der Waals surface area contributed by atoms with Crippen molar-refractivity contribution in [2.75, 3.05) is 35.5 Å². The highest BCUT2D eigenvalue weighted by Crippen LogP contribution is 2.49. The number of hydrogen-bond acceptors (Lipinski definition) is 7. The molecular formula is C26H46O7. The monoisotopic (exact) mass is 470 g/mol. The molecule has 2 rings (SSSR count).